The third-order valence-electron chi connectivity index (χ3n) is 1.72. The van der Waals surface area contributed by atoms with Gasteiger partial charge < -0.3 is 9.52 Å². The SMILES string of the molecule is Cc1nnc(-c2ccc(I)c(O)c2)o1. The summed E-state index contributed by atoms with van der Waals surface area (Å²) < 4.78 is 6.02. The van der Waals surface area contributed by atoms with Crippen LogP contribution >= 0.6 is 22.6 Å². The van der Waals surface area contributed by atoms with Gasteiger partial charge in [-0.25, -0.2) is 0 Å². The molecular formula is C9H7IN2O2. The first-order valence-corrected chi connectivity index (χ1v) is 5.03. The topological polar surface area (TPSA) is 59.2 Å². The van der Waals surface area contributed by atoms with E-state index >= 15 is 0 Å². The molecule has 0 saturated carbocycles. The highest BCUT2D eigenvalue weighted by Gasteiger charge is 2.07. The molecule has 1 heterocycles. The van der Waals surface area contributed by atoms with Crippen LogP contribution in [0.5, 0.6) is 5.75 Å². The number of aromatic hydroxyl groups is 1. The first kappa shape index (κ1) is 9.45. The molecule has 0 fully saturated rings. The zero-order chi connectivity index (χ0) is 10.1. The van der Waals surface area contributed by atoms with Gasteiger partial charge in [-0.3, -0.25) is 0 Å². The minimum absolute atomic E-state index is 0.221. The molecule has 0 saturated heterocycles. The number of hydrogen-bond donors (Lipinski definition) is 1. The Bertz CT molecular complexity index is 468. The van der Waals surface area contributed by atoms with Crippen molar-refractivity contribution in [3.8, 4) is 17.2 Å². The summed E-state index contributed by atoms with van der Waals surface area (Å²) >= 11 is 2.05. The van der Waals surface area contributed by atoms with E-state index < -0.39 is 0 Å². The second-order valence-electron chi connectivity index (χ2n) is 2.79. The molecule has 1 aromatic heterocycles. The summed E-state index contributed by atoms with van der Waals surface area (Å²) in [6.07, 6.45) is 0. The van der Waals surface area contributed by atoms with Crippen molar-refractivity contribution in [2.45, 2.75) is 6.92 Å². The third kappa shape index (κ3) is 1.72. The molecular weight excluding hydrogens is 295 g/mol. The quantitative estimate of drug-likeness (QED) is 0.822. The Morgan fingerprint density at radius 1 is 1.36 bits per heavy atom. The van der Waals surface area contributed by atoms with Gasteiger partial charge in [-0.05, 0) is 40.8 Å². The standard InChI is InChI=1S/C9H7IN2O2/c1-5-11-12-9(14-5)6-2-3-7(10)8(13)4-6/h2-4,13H,1H3. The van der Waals surface area contributed by atoms with Crippen molar-refractivity contribution in [1.29, 1.82) is 0 Å². The van der Waals surface area contributed by atoms with Crippen LogP contribution in [0.15, 0.2) is 22.6 Å². The van der Waals surface area contributed by atoms with E-state index in [9.17, 15) is 5.11 Å². The number of halogens is 1. The van der Waals surface area contributed by atoms with Crippen LogP contribution in [0.1, 0.15) is 5.89 Å². The molecule has 0 bridgehead atoms. The summed E-state index contributed by atoms with van der Waals surface area (Å²) in [5.41, 5.74) is 0.725. The number of rotatable bonds is 1. The predicted octanol–water partition coefficient (Wildman–Crippen LogP) is 2.36. The number of nitrogens with zero attached hydrogens (tertiary/aromatic N) is 2. The predicted molar refractivity (Wildman–Crippen MR) is 58.9 cm³/mol. The molecule has 0 aliphatic rings. The Labute approximate surface area is 94.1 Å². The van der Waals surface area contributed by atoms with Gasteiger partial charge in [0.1, 0.15) is 5.75 Å². The first-order valence-electron chi connectivity index (χ1n) is 3.96. The van der Waals surface area contributed by atoms with E-state index in [1.807, 2.05) is 28.7 Å². The number of aryl methyl sites for hydroxylation is 1. The van der Waals surface area contributed by atoms with E-state index in [0.29, 0.717) is 11.8 Å². The Morgan fingerprint density at radius 2 is 2.14 bits per heavy atom. The largest absolute Gasteiger partial charge is 0.507 e. The van der Waals surface area contributed by atoms with Crippen molar-refractivity contribution >= 4 is 22.6 Å². The van der Waals surface area contributed by atoms with Crippen molar-refractivity contribution in [3.05, 3.63) is 27.7 Å². The van der Waals surface area contributed by atoms with Crippen LogP contribution in [0.25, 0.3) is 11.5 Å². The maximum absolute atomic E-state index is 9.47. The molecule has 4 nitrogen and oxygen atoms in total. The maximum Gasteiger partial charge on any atom is 0.247 e. The van der Waals surface area contributed by atoms with Crippen LogP contribution in [0.2, 0.25) is 0 Å². The van der Waals surface area contributed by atoms with Crippen molar-refractivity contribution in [2.75, 3.05) is 0 Å². The molecule has 72 valence electrons. The van der Waals surface area contributed by atoms with Gasteiger partial charge in [0, 0.05) is 12.5 Å². The molecule has 0 atom stereocenters. The molecule has 2 rings (SSSR count). The van der Waals surface area contributed by atoms with Crippen molar-refractivity contribution < 1.29 is 9.52 Å². The summed E-state index contributed by atoms with van der Waals surface area (Å²) in [5, 5.41) is 17.0. The fourth-order valence-corrected chi connectivity index (χ4v) is 1.39. The maximum atomic E-state index is 9.47. The second kappa shape index (κ2) is 3.56. The number of phenolic OH excluding ortho intramolecular Hbond substituents is 1. The summed E-state index contributed by atoms with van der Waals surface area (Å²) in [4.78, 5) is 0. The molecule has 0 aliphatic carbocycles. The molecule has 0 unspecified atom stereocenters. The Balaban J connectivity index is 2.47. The fourth-order valence-electron chi connectivity index (χ4n) is 1.06. The van der Waals surface area contributed by atoms with Gasteiger partial charge in [-0.15, -0.1) is 10.2 Å². The Hall–Kier alpha value is -1.11. The number of hydrogen-bond acceptors (Lipinski definition) is 4. The normalized spacial score (nSPS) is 10.4. The minimum Gasteiger partial charge on any atom is -0.507 e. The highest BCUT2D eigenvalue weighted by molar-refractivity contribution is 14.1. The second-order valence-corrected chi connectivity index (χ2v) is 3.95. The smallest absolute Gasteiger partial charge is 0.247 e. The van der Waals surface area contributed by atoms with Crippen LogP contribution in [0.4, 0.5) is 0 Å². The zero-order valence-electron chi connectivity index (χ0n) is 7.36. The van der Waals surface area contributed by atoms with Gasteiger partial charge in [-0.2, -0.15) is 0 Å². The average Bonchev–Trinajstić information content (AvgIpc) is 2.57. The van der Waals surface area contributed by atoms with Crippen LogP contribution in [-0.4, -0.2) is 15.3 Å². The van der Waals surface area contributed by atoms with Gasteiger partial charge in [0.25, 0.3) is 0 Å². The van der Waals surface area contributed by atoms with Crippen LogP contribution in [-0.2, 0) is 0 Å². The van der Waals surface area contributed by atoms with E-state index in [0.717, 1.165) is 9.13 Å². The van der Waals surface area contributed by atoms with Crippen LogP contribution in [0.3, 0.4) is 0 Å². The average molecular weight is 302 g/mol. The lowest BCUT2D eigenvalue weighted by Gasteiger charge is -1.98. The highest BCUT2D eigenvalue weighted by Crippen LogP contribution is 2.26. The molecule has 0 radical (unpaired) electrons. The lowest BCUT2D eigenvalue weighted by molar-refractivity contribution is 0.471. The molecule has 5 heteroatoms. The summed E-state index contributed by atoms with van der Waals surface area (Å²) in [5.74, 6) is 1.16. The van der Waals surface area contributed by atoms with Crippen molar-refractivity contribution in [3.63, 3.8) is 0 Å². The minimum atomic E-state index is 0.221. The molecule has 0 amide bonds. The van der Waals surface area contributed by atoms with E-state index in [2.05, 4.69) is 10.2 Å². The number of phenols is 1. The van der Waals surface area contributed by atoms with E-state index in [1.165, 1.54) is 0 Å². The molecule has 1 aromatic carbocycles. The third-order valence-corrected chi connectivity index (χ3v) is 2.63. The zero-order valence-corrected chi connectivity index (χ0v) is 9.52. The Morgan fingerprint density at radius 3 is 2.71 bits per heavy atom. The molecule has 2 aromatic rings. The van der Waals surface area contributed by atoms with Crippen molar-refractivity contribution in [2.24, 2.45) is 0 Å². The summed E-state index contributed by atoms with van der Waals surface area (Å²) in [6.45, 7) is 1.73. The first-order chi connectivity index (χ1) is 6.66. The van der Waals surface area contributed by atoms with Crippen LogP contribution in [0, 0.1) is 10.5 Å². The highest BCUT2D eigenvalue weighted by atomic mass is 127. The van der Waals surface area contributed by atoms with Gasteiger partial charge in [-0.1, -0.05) is 0 Å². The fraction of sp³-hybridized carbons (Fsp3) is 0.111. The van der Waals surface area contributed by atoms with E-state index in [1.54, 1.807) is 19.1 Å². The molecule has 0 aliphatic heterocycles. The molecule has 1 N–H and O–H groups in total. The lowest BCUT2D eigenvalue weighted by atomic mass is 10.2. The van der Waals surface area contributed by atoms with Crippen molar-refractivity contribution in [1.82, 2.24) is 10.2 Å². The molecule has 0 spiro atoms. The van der Waals surface area contributed by atoms with E-state index in [4.69, 9.17) is 4.42 Å². The Kier molecular flexibility index (Phi) is 2.40. The number of benzene rings is 1. The lowest BCUT2D eigenvalue weighted by Crippen LogP contribution is -1.79. The van der Waals surface area contributed by atoms with Gasteiger partial charge in [0.05, 0.1) is 3.57 Å². The summed E-state index contributed by atoms with van der Waals surface area (Å²) in [6, 6.07) is 5.23. The monoisotopic (exact) mass is 302 g/mol. The van der Waals surface area contributed by atoms with Gasteiger partial charge in [0.2, 0.25) is 11.8 Å². The summed E-state index contributed by atoms with van der Waals surface area (Å²) in [7, 11) is 0. The van der Waals surface area contributed by atoms with E-state index in [-0.39, 0.29) is 5.75 Å². The van der Waals surface area contributed by atoms with Gasteiger partial charge in [0.15, 0.2) is 0 Å². The van der Waals surface area contributed by atoms with Crippen LogP contribution < -0.4 is 0 Å². The number of aromatic nitrogens is 2. The van der Waals surface area contributed by atoms with Gasteiger partial charge >= 0.3 is 0 Å². The molecule has 14 heavy (non-hydrogen) atoms.